The second-order valence-electron chi connectivity index (χ2n) is 8.81. The first-order chi connectivity index (χ1) is 19.5. The number of aromatic amines is 1. The minimum Gasteiger partial charge on any atom is -0.478 e. The minimum absolute atomic E-state index is 0.0106. The van der Waals surface area contributed by atoms with Gasteiger partial charge in [0.2, 0.25) is 6.10 Å². The summed E-state index contributed by atoms with van der Waals surface area (Å²) in [6, 6.07) is 2.41. The number of imidazole rings is 1. The number of anilines is 2. The molecule has 2 unspecified atom stereocenters. The van der Waals surface area contributed by atoms with E-state index in [9.17, 15) is 24.3 Å². The Morgan fingerprint density at radius 2 is 2.12 bits per heavy atom. The number of halogens is 1. The van der Waals surface area contributed by atoms with E-state index in [1.54, 1.807) is 22.9 Å². The van der Waals surface area contributed by atoms with Crippen LogP contribution in [0.25, 0.3) is 11.2 Å². The van der Waals surface area contributed by atoms with Crippen molar-refractivity contribution in [3.8, 4) is 0 Å². The third-order valence-corrected chi connectivity index (χ3v) is 8.54. The SMILES string of the molecule is C[C@H](O/N=C(\C(=O)NC1C(=O)N2C(C(=O)O)=C(C[n+]3cccc4[nH]c(N)nc43)CSC12)c1nc(N)sc1Cl)C(=O)O. The molecule has 214 valence electrons. The Labute approximate surface area is 243 Å². The number of rotatable bonds is 9. The van der Waals surface area contributed by atoms with Crippen molar-refractivity contribution in [1.82, 2.24) is 25.2 Å². The van der Waals surface area contributed by atoms with Gasteiger partial charge in [-0.1, -0.05) is 28.1 Å². The van der Waals surface area contributed by atoms with Crippen molar-refractivity contribution >= 4 is 86.4 Å². The largest absolute Gasteiger partial charge is 0.478 e. The van der Waals surface area contributed by atoms with Gasteiger partial charge in [-0.15, -0.1) is 11.8 Å². The molecule has 0 aliphatic carbocycles. The van der Waals surface area contributed by atoms with E-state index in [0.717, 1.165) is 16.2 Å². The third kappa shape index (κ3) is 5.23. The number of aromatic nitrogens is 4. The van der Waals surface area contributed by atoms with Gasteiger partial charge in [0.1, 0.15) is 39.2 Å². The number of amides is 2. The number of hydrogen-bond donors (Lipinski definition) is 6. The van der Waals surface area contributed by atoms with Crippen molar-refractivity contribution in [3.05, 3.63) is 39.6 Å². The molecular weight excluding hydrogens is 602 g/mol. The number of pyridine rings is 1. The first-order valence-corrected chi connectivity index (χ1v) is 13.9. The van der Waals surface area contributed by atoms with Gasteiger partial charge in [-0.2, -0.15) is 0 Å². The maximum absolute atomic E-state index is 13.2. The highest BCUT2D eigenvalue weighted by Crippen LogP contribution is 2.40. The Balaban J connectivity index is 1.39. The van der Waals surface area contributed by atoms with Gasteiger partial charge in [-0.25, -0.2) is 19.1 Å². The fourth-order valence-electron chi connectivity index (χ4n) is 4.22. The molecule has 2 aliphatic rings. The number of carboxylic acids is 2. The average Bonchev–Trinajstić information content (AvgIpc) is 3.47. The number of fused-ring (bicyclic) bond motifs is 2. The molecule has 3 atom stereocenters. The number of nitrogens with one attached hydrogen (secondary N) is 2. The van der Waals surface area contributed by atoms with Crippen LogP contribution in [0.5, 0.6) is 0 Å². The summed E-state index contributed by atoms with van der Waals surface area (Å²) in [6.07, 6.45) is 0.308. The van der Waals surface area contributed by atoms with Gasteiger partial charge in [-0.3, -0.25) is 19.5 Å². The van der Waals surface area contributed by atoms with Gasteiger partial charge >= 0.3 is 23.5 Å². The number of thiazole rings is 1. The molecule has 0 radical (unpaired) electrons. The summed E-state index contributed by atoms with van der Waals surface area (Å²) in [5.74, 6) is -3.82. The lowest BCUT2D eigenvalue weighted by Gasteiger charge is -2.49. The number of carbonyl (C=O) groups is 4. The number of carboxylic acid groups (broad SMARTS) is 2. The lowest BCUT2D eigenvalue weighted by Crippen LogP contribution is -2.71. The predicted octanol–water partition coefficient (Wildman–Crippen LogP) is -0.243. The monoisotopic (exact) mass is 622 g/mol. The normalized spacial score (nSPS) is 19.5. The van der Waals surface area contributed by atoms with Gasteiger partial charge < -0.3 is 31.8 Å². The quantitative estimate of drug-likeness (QED) is 0.0783. The van der Waals surface area contributed by atoms with E-state index >= 15 is 0 Å². The van der Waals surface area contributed by atoms with Crippen LogP contribution in [0.1, 0.15) is 12.6 Å². The number of carbonyl (C=O) groups excluding carboxylic acids is 2. The summed E-state index contributed by atoms with van der Waals surface area (Å²) >= 11 is 8.25. The standard InChI is InChI=1S/C22H20ClN9O7S2/c1-7(19(35)36)39-30-11(10-14(23)41-22(25)28-10)16(33)27-12-17(34)32-13(20(37)38)8(6-40-18(12)32)5-31-4-2-3-9-15(31)29-21(24)26-9/h2-4,7,12,18H,5-6H2,1H3,(H7,24,25,26,27,28,33,35,36,37,38)/p+1/b30-11-/t7-,12?,18?/m0/s1. The summed E-state index contributed by atoms with van der Waals surface area (Å²) in [6.45, 7) is 1.32. The zero-order chi connectivity index (χ0) is 29.6. The van der Waals surface area contributed by atoms with Gasteiger partial charge in [0, 0.05) is 11.3 Å². The smallest absolute Gasteiger partial charge is 0.352 e. The topological polar surface area (TPSA) is 243 Å². The molecule has 0 aromatic carbocycles. The lowest BCUT2D eigenvalue weighted by molar-refractivity contribution is -0.664. The Bertz CT molecular complexity index is 1670. The second-order valence-corrected chi connectivity index (χ2v) is 11.6. The lowest BCUT2D eigenvalue weighted by atomic mass is 10.0. The number of nitrogen functional groups attached to an aromatic ring is 2. The summed E-state index contributed by atoms with van der Waals surface area (Å²) in [5, 5.41) is 24.5. The average molecular weight is 623 g/mol. The Kier molecular flexibility index (Phi) is 7.45. The Hall–Kier alpha value is -4.42. The van der Waals surface area contributed by atoms with Crippen molar-refractivity contribution in [2.45, 2.75) is 31.0 Å². The molecule has 41 heavy (non-hydrogen) atoms. The summed E-state index contributed by atoms with van der Waals surface area (Å²) < 4.78 is 1.71. The first-order valence-electron chi connectivity index (χ1n) is 11.7. The summed E-state index contributed by atoms with van der Waals surface area (Å²) in [7, 11) is 0. The van der Waals surface area contributed by atoms with Crippen LogP contribution in [-0.4, -0.2) is 82.8 Å². The summed E-state index contributed by atoms with van der Waals surface area (Å²) in [5.41, 5.74) is 12.2. The Morgan fingerprint density at radius 3 is 2.78 bits per heavy atom. The van der Waals surface area contributed by atoms with Crippen LogP contribution >= 0.6 is 34.7 Å². The second kappa shape index (κ2) is 10.9. The number of nitrogens with zero attached hydrogens (tertiary/aromatic N) is 5. The number of nitrogens with two attached hydrogens (primary N) is 2. The van der Waals surface area contributed by atoms with Crippen LogP contribution in [-0.2, 0) is 30.6 Å². The molecule has 0 spiro atoms. The van der Waals surface area contributed by atoms with Crippen molar-refractivity contribution < 1.29 is 38.8 Å². The molecule has 19 heteroatoms. The fourth-order valence-corrected chi connectivity index (χ4v) is 6.49. The molecule has 2 amide bonds. The zero-order valence-electron chi connectivity index (χ0n) is 20.9. The van der Waals surface area contributed by atoms with E-state index in [2.05, 4.69) is 25.4 Å². The molecule has 3 aromatic heterocycles. The Morgan fingerprint density at radius 1 is 1.37 bits per heavy atom. The molecular formula is C22H21ClN9O7S2+. The number of H-pyrrole nitrogens is 1. The van der Waals surface area contributed by atoms with Gasteiger partial charge in [0.15, 0.2) is 10.8 Å². The van der Waals surface area contributed by atoms with Crippen molar-refractivity contribution in [1.29, 1.82) is 0 Å². The van der Waals surface area contributed by atoms with Crippen LogP contribution in [0.4, 0.5) is 11.1 Å². The van der Waals surface area contributed by atoms with Gasteiger partial charge in [-0.05, 0) is 24.0 Å². The number of hydrogen-bond acceptors (Lipinski definition) is 12. The van der Waals surface area contributed by atoms with Crippen molar-refractivity contribution in [2.75, 3.05) is 17.2 Å². The zero-order valence-corrected chi connectivity index (χ0v) is 23.3. The maximum atomic E-state index is 13.2. The number of thioether (sulfide) groups is 1. The van der Waals surface area contributed by atoms with E-state index < -0.39 is 47.0 Å². The molecule has 5 heterocycles. The molecule has 2 aliphatic heterocycles. The van der Waals surface area contributed by atoms with Crippen LogP contribution in [0.15, 0.2) is 34.8 Å². The maximum Gasteiger partial charge on any atom is 0.352 e. The molecule has 16 nitrogen and oxygen atoms in total. The highest BCUT2D eigenvalue weighted by atomic mass is 35.5. The highest BCUT2D eigenvalue weighted by molar-refractivity contribution is 8.00. The molecule has 0 saturated carbocycles. The van der Waals surface area contributed by atoms with Crippen molar-refractivity contribution in [2.24, 2.45) is 5.16 Å². The van der Waals surface area contributed by atoms with Crippen LogP contribution in [0.2, 0.25) is 4.34 Å². The molecule has 3 aromatic rings. The predicted molar refractivity (Wildman–Crippen MR) is 147 cm³/mol. The fraction of sp³-hybridized carbons (Fsp3) is 0.273. The van der Waals surface area contributed by atoms with E-state index in [4.69, 9.17) is 33.0 Å². The minimum atomic E-state index is -1.41. The van der Waals surface area contributed by atoms with E-state index in [-0.39, 0.29) is 39.1 Å². The van der Waals surface area contributed by atoms with E-state index in [0.29, 0.717) is 16.7 Å². The van der Waals surface area contributed by atoms with Crippen LogP contribution < -0.4 is 21.4 Å². The number of β-lactam (4-membered cyclic amide) rings is 1. The van der Waals surface area contributed by atoms with Crippen LogP contribution in [0.3, 0.4) is 0 Å². The number of oxime groups is 1. The molecule has 5 rings (SSSR count). The summed E-state index contributed by atoms with van der Waals surface area (Å²) in [4.78, 5) is 67.0. The van der Waals surface area contributed by atoms with Gasteiger partial charge in [0.05, 0.1) is 6.20 Å². The number of aliphatic carboxylic acids is 2. The van der Waals surface area contributed by atoms with E-state index in [1.807, 2.05) is 0 Å². The van der Waals surface area contributed by atoms with Crippen LogP contribution in [0, 0.1) is 0 Å². The molecule has 1 saturated heterocycles. The van der Waals surface area contributed by atoms with E-state index in [1.165, 1.54) is 18.7 Å². The highest BCUT2D eigenvalue weighted by Gasteiger charge is 2.54. The van der Waals surface area contributed by atoms with Crippen molar-refractivity contribution in [3.63, 3.8) is 0 Å². The first kappa shape index (κ1) is 28.1. The molecule has 1 fully saturated rings. The molecule has 8 N–H and O–H groups in total. The molecule has 0 bridgehead atoms. The third-order valence-electron chi connectivity index (χ3n) is 6.12. The van der Waals surface area contributed by atoms with Gasteiger partial charge in [0.25, 0.3) is 11.8 Å².